The van der Waals surface area contributed by atoms with E-state index in [1.54, 1.807) is 25.1 Å². The van der Waals surface area contributed by atoms with Crippen molar-refractivity contribution in [3.05, 3.63) is 42.0 Å². The first kappa shape index (κ1) is 9.96. The molecule has 0 fully saturated rings. The molecule has 0 heterocycles. The van der Waals surface area contributed by atoms with Crippen LogP contribution in [0.4, 0.5) is 0 Å². The normalized spacial score (nSPS) is 15.0. The van der Waals surface area contributed by atoms with Gasteiger partial charge in [-0.1, -0.05) is 36.9 Å². The predicted octanol–water partition coefficient (Wildman–Crippen LogP) is 1.74. The first-order chi connectivity index (χ1) is 6.15. The summed E-state index contributed by atoms with van der Waals surface area (Å²) in [5, 5.41) is 18.6. The number of rotatable bonds is 3. The van der Waals surface area contributed by atoms with Gasteiger partial charge in [-0.3, -0.25) is 0 Å². The number of hydrogen-bond acceptors (Lipinski definition) is 2. The van der Waals surface area contributed by atoms with E-state index in [-0.39, 0.29) is 0 Å². The maximum Gasteiger partial charge on any atom is 0.105 e. The maximum absolute atomic E-state index is 9.49. The summed E-state index contributed by atoms with van der Waals surface area (Å²) in [7, 11) is 0. The molecule has 0 aliphatic carbocycles. The van der Waals surface area contributed by atoms with Crippen molar-refractivity contribution in [2.75, 3.05) is 0 Å². The molecule has 0 spiro atoms. The smallest absolute Gasteiger partial charge is 0.105 e. The summed E-state index contributed by atoms with van der Waals surface area (Å²) < 4.78 is 0. The molecule has 0 bridgehead atoms. The first-order valence-corrected chi connectivity index (χ1v) is 4.23. The highest BCUT2D eigenvalue weighted by molar-refractivity contribution is 5.47. The standard InChI is InChI=1S/C11H14O2/c1-3-9-4-6-10(7-5-9)11(13)8(2)12/h3-8,11-13H,1H2,2H3. The second-order valence-corrected chi connectivity index (χ2v) is 3.06. The van der Waals surface area contributed by atoms with Crippen LogP contribution in [0.15, 0.2) is 30.8 Å². The molecule has 13 heavy (non-hydrogen) atoms. The van der Waals surface area contributed by atoms with E-state index < -0.39 is 12.2 Å². The van der Waals surface area contributed by atoms with Gasteiger partial charge in [-0.2, -0.15) is 0 Å². The van der Waals surface area contributed by atoms with Crippen LogP contribution in [0.1, 0.15) is 24.2 Å². The largest absolute Gasteiger partial charge is 0.390 e. The zero-order valence-corrected chi connectivity index (χ0v) is 7.64. The molecule has 2 unspecified atom stereocenters. The highest BCUT2D eigenvalue weighted by Gasteiger charge is 2.12. The Kier molecular flexibility index (Phi) is 3.23. The lowest BCUT2D eigenvalue weighted by atomic mass is 10.0. The summed E-state index contributed by atoms with van der Waals surface area (Å²) in [4.78, 5) is 0. The lowest BCUT2D eigenvalue weighted by Gasteiger charge is -2.13. The van der Waals surface area contributed by atoms with Crippen molar-refractivity contribution in [3.63, 3.8) is 0 Å². The van der Waals surface area contributed by atoms with E-state index in [0.29, 0.717) is 0 Å². The minimum Gasteiger partial charge on any atom is -0.390 e. The van der Waals surface area contributed by atoms with Crippen LogP contribution in [0, 0.1) is 0 Å². The van der Waals surface area contributed by atoms with Gasteiger partial charge in [0.05, 0.1) is 6.10 Å². The molecule has 0 aromatic heterocycles. The van der Waals surface area contributed by atoms with Gasteiger partial charge in [0.15, 0.2) is 0 Å². The zero-order chi connectivity index (χ0) is 9.84. The van der Waals surface area contributed by atoms with Crippen molar-refractivity contribution in [2.24, 2.45) is 0 Å². The van der Waals surface area contributed by atoms with Gasteiger partial charge in [0.1, 0.15) is 6.10 Å². The Morgan fingerprint density at radius 1 is 1.23 bits per heavy atom. The van der Waals surface area contributed by atoms with Crippen LogP contribution in [0.25, 0.3) is 6.08 Å². The van der Waals surface area contributed by atoms with Gasteiger partial charge in [-0.25, -0.2) is 0 Å². The van der Waals surface area contributed by atoms with Crippen LogP contribution in [0.5, 0.6) is 0 Å². The third kappa shape index (κ3) is 2.41. The molecule has 0 amide bonds. The van der Waals surface area contributed by atoms with Crippen molar-refractivity contribution >= 4 is 6.08 Å². The van der Waals surface area contributed by atoms with Crippen molar-refractivity contribution < 1.29 is 10.2 Å². The van der Waals surface area contributed by atoms with Crippen LogP contribution < -0.4 is 0 Å². The molecule has 0 aliphatic rings. The molecule has 1 aromatic carbocycles. The number of aliphatic hydroxyl groups excluding tert-OH is 2. The Morgan fingerprint density at radius 2 is 1.77 bits per heavy atom. The third-order valence-corrected chi connectivity index (χ3v) is 1.97. The van der Waals surface area contributed by atoms with E-state index in [9.17, 15) is 5.11 Å². The van der Waals surface area contributed by atoms with Crippen LogP contribution in [-0.2, 0) is 0 Å². The minimum atomic E-state index is -0.807. The third-order valence-electron chi connectivity index (χ3n) is 1.97. The second-order valence-electron chi connectivity index (χ2n) is 3.06. The van der Waals surface area contributed by atoms with E-state index in [1.165, 1.54) is 0 Å². The van der Waals surface area contributed by atoms with Gasteiger partial charge in [0, 0.05) is 0 Å². The second kappa shape index (κ2) is 4.21. The fraction of sp³-hybridized carbons (Fsp3) is 0.273. The first-order valence-electron chi connectivity index (χ1n) is 4.23. The van der Waals surface area contributed by atoms with E-state index >= 15 is 0 Å². The van der Waals surface area contributed by atoms with Crippen molar-refractivity contribution in [1.29, 1.82) is 0 Å². The van der Waals surface area contributed by atoms with Gasteiger partial charge in [-0.05, 0) is 18.1 Å². The van der Waals surface area contributed by atoms with Crippen LogP contribution in [0.3, 0.4) is 0 Å². The Bertz CT molecular complexity index is 275. The van der Waals surface area contributed by atoms with Crippen molar-refractivity contribution in [3.8, 4) is 0 Å². The molecule has 0 radical (unpaired) electrons. The van der Waals surface area contributed by atoms with Gasteiger partial charge in [-0.15, -0.1) is 0 Å². The van der Waals surface area contributed by atoms with Crippen molar-refractivity contribution in [2.45, 2.75) is 19.1 Å². The topological polar surface area (TPSA) is 40.5 Å². The van der Waals surface area contributed by atoms with E-state index in [1.807, 2.05) is 12.1 Å². The number of benzene rings is 1. The molecular formula is C11H14O2. The highest BCUT2D eigenvalue weighted by atomic mass is 16.3. The summed E-state index contributed by atoms with van der Waals surface area (Å²) in [6, 6.07) is 7.28. The highest BCUT2D eigenvalue weighted by Crippen LogP contribution is 2.17. The predicted molar refractivity (Wildman–Crippen MR) is 53.2 cm³/mol. The molecule has 0 aliphatic heterocycles. The summed E-state index contributed by atoms with van der Waals surface area (Å²) in [5.41, 5.74) is 1.72. The molecular weight excluding hydrogens is 164 g/mol. The van der Waals surface area contributed by atoms with Gasteiger partial charge >= 0.3 is 0 Å². The number of hydrogen-bond donors (Lipinski definition) is 2. The Morgan fingerprint density at radius 3 is 2.15 bits per heavy atom. The van der Waals surface area contributed by atoms with Gasteiger partial charge in [0.25, 0.3) is 0 Å². The molecule has 1 aromatic rings. The average molecular weight is 178 g/mol. The zero-order valence-electron chi connectivity index (χ0n) is 7.64. The molecule has 2 nitrogen and oxygen atoms in total. The van der Waals surface area contributed by atoms with Crippen LogP contribution in [-0.4, -0.2) is 16.3 Å². The van der Waals surface area contributed by atoms with Gasteiger partial charge in [0.2, 0.25) is 0 Å². The SMILES string of the molecule is C=Cc1ccc(C(O)C(C)O)cc1. The fourth-order valence-corrected chi connectivity index (χ4v) is 1.11. The monoisotopic (exact) mass is 178 g/mol. The van der Waals surface area contributed by atoms with E-state index in [0.717, 1.165) is 11.1 Å². The molecule has 2 atom stereocenters. The lowest BCUT2D eigenvalue weighted by Crippen LogP contribution is -2.13. The average Bonchev–Trinajstić information content (AvgIpc) is 2.17. The molecule has 70 valence electrons. The Labute approximate surface area is 78.2 Å². The lowest BCUT2D eigenvalue weighted by molar-refractivity contribution is 0.0305. The molecule has 2 heteroatoms. The fourth-order valence-electron chi connectivity index (χ4n) is 1.11. The summed E-state index contributed by atoms with van der Waals surface area (Å²) in [6.45, 7) is 5.19. The Hall–Kier alpha value is -1.12. The maximum atomic E-state index is 9.49. The van der Waals surface area contributed by atoms with Crippen LogP contribution in [0.2, 0.25) is 0 Å². The minimum absolute atomic E-state index is 0.723. The van der Waals surface area contributed by atoms with E-state index in [4.69, 9.17) is 5.11 Å². The number of aliphatic hydroxyl groups is 2. The van der Waals surface area contributed by atoms with Gasteiger partial charge < -0.3 is 10.2 Å². The molecule has 1 rings (SSSR count). The molecule has 0 saturated heterocycles. The van der Waals surface area contributed by atoms with Crippen LogP contribution >= 0.6 is 0 Å². The molecule has 2 N–H and O–H groups in total. The summed E-state index contributed by atoms with van der Waals surface area (Å²) >= 11 is 0. The summed E-state index contributed by atoms with van der Waals surface area (Å²) in [5.74, 6) is 0. The molecule has 0 saturated carbocycles. The van der Waals surface area contributed by atoms with Crippen molar-refractivity contribution in [1.82, 2.24) is 0 Å². The Balaban J connectivity index is 2.85. The quantitative estimate of drug-likeness (QED) is 0.740. The van der Waals surface area contributed by atoms with E-state index in [2.05, 4.69) is 6.58 Å². The summed E-state index contributed by atoms with van der Waals surface area (Å²) in [6.07, 6.45) is 0.187.